The highest BCUT2D eigenvalue weighted by Crippen LogP contribution is 2.31. The number of halogens is 1. The normalized spacial score (nSPS) is 11.3. The molecule has 8 nitrogen and oxygen atoms in total. The molecule has 0 spiro atoms. The Kier molecular flexibility index (Phi) is 5.68. The van der Waals surface area contributed by atoms with Crippen molar-refractivity contribution in [2.75, 3.05) is 4.72 Å². The van der Waals surface area contributed by atoms with Crippen molar-refractivity contribution in [2.45, 2.75) is 4.90 Å². The molecule has 4 aromatic rings. The predicted molar refractivity (Wildman–Crippen MR) is 120 cm³/mol. The number of nitro groups is 1. The van der Waals surface area contributed by atoms with Crippen molar-refractivity contribution in [2.24, 2.45) is 0 Å². The van der Waals surface area contributed by atoms with Crippen molar-refractivity contribution in [3.05, 3.63) is 87.5 Å². The first-order valence-corrected chi connectivity index (χ1v) is 11.5. The number of thiazole rings is 1. The topological polar surface area (TPSA) is 115 Å². The number of hydrogen-bond donors (Lipinski definition) is 1. The second-order valence-corrected chi connectivity index (χ2v) is 9.28. The van der Waals surface area contributed by atoms with Crippen LogP contribution in [0.4, 0.5) is 11.4 Å². The highest BCUT2D eigenvalue weighted by Gasteiger charge is 2.21. The molecule has 2 aromatic carbocycles. The largest absolute Gasteiger partial charge is 0.289 e. The van der Waals surface area contributed by atoms with Crippen LogP contribution in [0.1, 0.15) is 0 Å². The zero-order valence-corrected chi connectivity index (χ0v) is 18.0. The quantitative estimate of drug-likeness (QED) is 0.303. The number of sulfonamides is 1. The van der Waals surface area contributed by atoms with Gasteiger partial charge in [0.2, 0.25) is 0 Å². The molecule has 0 aliphatic heterocycles. The lowest BCUT2D eigenvalue weighted by molar-refractivity contribution is -0.384. The molecule has 0 saturated carbocycles. The van der Waals surface area contributed by atoms with Crippen molar-refractivity contribution in [3.8, 4) is 21.8 Å². The standard InChI is InChI=1S/C20H13ClN4O4S2/c21-17-7-6-16(10-19(17)25(26)27)31(28,29)24-15-5-1-3-13(9-15)18-12-30-20(23-18)14-4-2-8-22-11-14/h1-12,24H. The highest BCUT2D eigenvalue weighted by atomic mass is 35.5. The van der Waals surface area contributed by atoms with E-state index >= 15 is 0 Å². The molecule has 0 unspecified atom stereocenters. The van der Waals surface area contributed by atoms with Crippen molar-refractivity contribution >= 4 is 44.3 Å². The van der Waals surface area contributed by atoms with Gasteiger partial charge < -0.3 is 0 Å². The van der Waals surface area contributed by atoms with Gasteiger partial charge in [0.05, 0.1) is 15.5 Å². The monoisotopic (exact) mass is 472 g/mol. The van der Waals surface area contributed by atoms with E-state index in [0.717, 1.165) is 16.6 Å². The molecule has 31 heavy (non-hydrogen) atoms. The number of pyridine rings is 1. The summed E-state index contributed by atoms with van der Waals surface area (Å²) in [6, 6.07) is 13.8. The summed E-state index contributed by atoms with van der Waals surface area (Å²) in [7, 11) is -4.06. The van der Waals surface area contributed by atoms with Gasteiger partial charge in [0.25, 0.3) is 15.7 Å². The number of rotatable bonds is 6. The fourth-order valence-corrected chi connectivity index (χ4v) is 4.86. The molecule has 0 aliphatic carbocycles. The third-order valence-electron chi connectivity index (χ3n) is 4.25. The minimum absolute atomic E-state index is 0.140. The number of hydrogen-bond acceptors (Lipinski definition) is 7. The molecule has 2 heterocycles. The molecule has 0 saturated heterocycles. The lowest BCUT2D eigenvalue weighted by Crippen LogP contribution is -2.13. The van der Waals surface area contributed by atoms with Crippen LogP contribution in [0.3, 0.4) is 0 Å². The Balaban J connectivity index is 1.61. The summed E-state index contributed by atoms with van der Waals surface area (Å²) in [5.74, 6) is 0. The van der Waals surface area contributed by atoms with Gasteiger partial charge in [-0.15, -0.1) is 11.3 Å². The molecular weight excluding hydrogens is 460 g/mol. The lowest BCUT2D eigenvalue weighted by atomic mass is 10.1. The Bertz CT molecular complexity index is 1370. The van der Waals surface area contributed by atoms with Crippen LogP contribution in [-0.4, -0.2) is 23.3 Å². The summed E-state index contributed by atoms with van der Waals surface area (Å²) in [5.41, 5.74) is 2.11. The highest BCUT2D eigenvalue weighted by molar-refractivity contribution is 7.92. The van der Waals surface area contributed by atoms with Gasteiger partial charge in [0, 0.05) is 40.7 Å². The Morgan fingerprint density at radius 3 is 2.61 bits per heavy atom. The summed E-state index contributed by atoms with van der Waals surface area (Å²) in [6.07, 6.45) is 3.40. The van der Waals surface area contributed by atoms with Crippen LogP contribution in [-0.2, 0) is 10.0 Å². The summed E-state index contributed by atoms with van der Waals surface area (Å²) in [6.45, 7) is 0. The van der Waals surface area contributed by atoms with Crippen LogP contribution in [0.15, 0.2) is 77.3 Å². The van der Waals surface area contributed by atoms with E-state index in [1.807, 2.05) is 23.6 Å². The molecule has 0 amide bonds. The second-order valence-electron chi connectivity index (χ2n) is 6.34. The van der Waals surface area contributed by atoms with E-state index in [9.17, 15) is 18.5 Å². The number of nitrogens with zero attached hydrogens (tertiary/aromatic N) is 3. The first-order valence-electron chi connectivity index (χ1n) is 8.76. The van der Waals surface area contributed by atoms with Crippen LogP contribution >= 0.6 is 22.9 Å². The molecule has 0 fully saturated rings. The molecular formula is C20H13ClN4O4S2. The number of nitrogens with one attached hydrogen (secondary N) is 1. The molecule has 0 radical (unpaired) electrons. The number of anilines is 1. The lowest BCUT2D eigenvalue weighted by Gasteiger charge is -2.09. The van der Waals surface area contributed by atoms with Gasteiger partial charge in [0.1, 0.15) is 10.0 Å². The maximum Gasteiger partial charge on any atom is 0.289 e. The summed E-state index contributed by atoms with van der Waals surface area (Å²) in [5, 5.41) is 13.6. The number of benzene rings is 2. The van der Waals surface area contributed by atoms with E-state index in [4.69, 9.17) is 11.6 Å². The van der Waals surface area contributed by atoms with Crippen LogP contribution in [0.2, 0.25) is 5.02 Å². The first-order chi connectivity index (χ1) is 14.8. The molecule has 4 rings (SSSR count). The minimum Gasteiger partial charge on any atom is -0.280 e. The maximum absolute atomic E-state index is 12.7. The maximum atomic E-state index is 12.7. The van der Waals surface area contributed by atoms with E-state index in [0.29, 0.717) is 16.9 Å². The van der Waals surface area contributed by atoms with E-state index < -0.39 is 20.6 Å². The van der Waals surface area contributed by atoms with E-state index in [-0.39, 0.29) is 9.92 Å². The van der Waals surface area contributed by atoms with Gasteiger partial charge in [-0.1, -0.05) is 23.7 Å². The van der Waals surface area contributed by atoms with Gasteiger partial charge in [-0.05, 0) is 36.4 Å². The van der Waals surface area contributed by atoms with E-state index in [1.165, 1.54) is 23.5 Å². The zero-order chi connectivity index (χ0) is 22.0. The van der Waals surface area contributed by atoms with Gasteiger partial charge >= 0.3 is 0 Å². The van der Waals surface area contributed by atoms with Crippen LogP contribution < -0.4 is 4.72 Å². The van der Waals surface area contributed by atoms with Gasteiger partial charge in [-0.3, -0.25) is 19.8 Å². The third-order valence-corrected chi connectivity index (χ3v) is 6.84. The molecule has 11 heteroatoms. The SMILES string of the molecule is O=[N+]([O-])c1cc(S(=O)(=O)Nc2cccc(-c3csc(-c4cccnc4)n3)c2)ccc1Cl. The van der Waals surface area contributed by atoms with Crippen molar-refractivity contribution in [1.82, 2.24) is 9.97 Å². The van der Waals surface area contributed by atoms with E-state index in [2.05, 4.69) is 14.7 Å². The molecule has 0 atom stereocenters. The first kappa shape index (κ1) is 20.9. The predicted octanol–water partition coefficient (Wildman–Crippen LogP) is 5.23. The van der Waals surface area contributed by atoms with Crippen molar-refractivity contribution in [1.29, 1.82) is 0 Å². The Labute approximate surface area is 186 Å². The van der Waals surface area contributed by atoms with Crippen molar-refractivity contribution < 1.29 is 13.3 Å². The Morgan fingerprint density at radius 1 is 1.06 bits per heavy atom. The molecule has 156 valence electrons. The van der Waals surface area contributed by atoms with Gasteiger partial charge in [-0.25, -0.2) is 13.4 Å². The van der Waals surface area contributed by atoms with Crippen molar-refractivity contribution in [3.63, 3.8) is 0 Å². The fourth-order valence-electron chi connectivity index (χ4n) is 2.78. The zero-order valence-electron chi connectivity index (χ0n) is 15.6. The van der Waals surface area contributed by atoms with Gasteiger partial charge in [0.15, 0.2) is 0 Å². The third kappa shape index (κ3) is 4.55. The Morgan fingerprint density at radius 2 is 1.87 bits per heavy atom. The number of aromatic nitrogens is 2. The summed E-state index contributed by atoms with van der Waals surface area (Å²) in [4.78, 5) is 18.8. The average Bonchev–Trinajstić information content (AvgIpc) is 3.25. The smallest absolute Gasteiger partial charge is 0.280 e. The summed E-state index contributed by atoms with van der Waals surface area (Å²) < 4.78 is 27.9. The minimum atomic E-state index is -4.06. The molecule has 2 aromatic heterocycles. The Hall–Kier alpha value is -3.34. The molecule has 1 N–H and O–H groups in total. The molecule has 0 bridgehead atoms. The van der Waals surface area contributed by atoms with Crippen LogP contribution in [0.25, 0.3) is 21.8 Å². The molecule has 0 aliphatic rings. The van der Waals surface area contributed by atoms with Crippen LogP contribution in [0, 0.1) is 10.1 Å². The summed E-state index contributed by atoms with van der Waals surface area (Å²) >= 11 is 7.22. The van der Waals surface area contributed by atoms with Gasteiger partial charge in [-0.2, -0.15) is 0 Å². The average molecular weight is 473 g/mol. The second kappa shape index (κ2) is 8.42. The van der Waals surface area contributed by atoms with Crippen LogP contribution in [0.5, 0.6) is 0 Å². The number of nitro benzene ring substituents is 1. The fraction of sp³-hybridized carbons (Fsp3) is 0. The van der Waals surface area contributed by atoms with E-state index in [1.54, 1.807) is 30.6 Å².